The van der Waals surface area contributed by atoms with Crippen molar-refractivity contribution in [3.8, 4) is 0 Å². The molecule has 112 valence electrons. The number of carbonyl (C=O) groups is 1. The normalized spacial score (nSPS) is 19.8. The fourth-order valence-corrected chi connectivity index (χ4v) is 4.07. The SMILES string of the molecule is Cc1c(C(=O)OCC2CCCCO2)csc1S(N)(=O)=O. The Morgan fingerprint density at radius 3 is 2.85 bits per heavy atom. The van der Waals surface area contributed by atoms with Crippen molar-refractivity contribution in [2.75, 3.05) is 13.2 Å². The van der Waals surface area contributed by atoms with E-state index in [-0.39, 0.29) is 22.5 Å². The molecule has 0 aliphatic carbocycles. The van der Waals surface area contributed by atoms with E-state index in [4.69, 9.17) is 14.6 Å². The van der Waals surface area contributed by atoms with Gasteiger partial charge in [0.25, 0.3) is 0 Å². The quantitative estimate of drug-likeness (QED) is 0.847. The van der Waals surface area contributed by atoms with E-state index in [1.165, 1.54) is 5.38 Å². The second kappa shape index (κ2) is 6.21. The average Bonchev–Trinajstić information content (AvgIpc) is 2.79. The van der Waals surface area contributed by atoms with Gasteiger partial charge < -0.3 is 9.47 Å². The molecule has 0 saturated carbocycles. The molecule has 6 nitrogen and oxygen atoms in total. The van der Waals surface area contributed by atoms with Crippen molar-refractivity contribution in [3.63, 3.8) is 0 Å². The van der Waals surface area contributed by atoms with Crippen LogP contribution in [0.25, 0.3) is 0 Å². The summed E-state index contributed by atoms with van der Waals surface area (Å²) in [5, 5.41) is 6.53. The Bertz CT molecular complexity index is 587. The number of rotatable bonds is 4. The van der Waals surface area contributed by atoms with Gasteiger partial charge in [-0.25, -0.2) is 18.4 Å². The van der Waals surface area contributed by atoms with E-state index < -0.39 is 16.0 Å². The van der Waals surface area contributed by atoms with Crippen LogP contribution in [0.5, 0.6) is 0 Å². The Labute approximate surface area is 121 Å². The monoisotopic (exact) mass is 319 g/mol. The second-order valence-corrected chi connectivity index (χ2v) is 7.33. The number of primary sulfonamides is 1. The summed E-state index contributed by atoms with van der Waals surface area (Å²) in [6, 6.07) is 0. The third kappa shape index (κ3) is 3.57. The molecular formula is C12H17NO5S2. The van der Waals surface area contributed by atoms with E-state index in [9.17, 15) is 13.2 Å². The standard InChI is InChI=1S/C12H17NO5S2/c1-8-10(7-19-12(8)20(13,15)16)11(14)18-6-9-4-2-3-5-17-9/h7,9H,2-6H2,1H3,(H2,13,15,16). The molecular weight excluding hydrogens is 302 g/mol. The van der Waals surface area contributed by atoms with Crippen LogP contribution in [0.2, 0.25) is 0 Å². The molecule has 1 saturated heterocycles. The van der Waals surface area contributed by atoms with Crippen molar-refractivity contribution in [1.29, 1.82) is 0 Å². The predicted molar refractivity (Wildman–Crippen MR) is 74.3 cm³/mol. The molecule has 1 aromatic heterocycles. The van der Waals surface area contributed by atoms with Crippen LogP contribution in [0, 0.1) is 6.92 Å². The molecule has 1 aliphatic rings. The maximum atomic E-state index is 11.9. The first-order valence-electron chi connectivity index (χ1n) is 6.29. The van der Waals surface area contributed by atoms with Crippen LogP contribution in [0.3, 0.4) is 0 Å². The molecule has 2 N–H and O–H groups in total. The number of carbonyl (C=O) groups excluding carboxylic acids is 1. The topological polar surface area (TPSA) is 95.7 Å². The highest BCUT2D eigenvalue weighted by Gasteiger charge is 2.23. The minimum Gasteiger partial charge on any atom is -0.459 e. The van der Waals surface area contributed by atoms with Gasteiger partial charge in [-0.05, 0) is 31.7 Å². The summed E-state index contributed by atoms with van der Waals surface area (Å²) >= 11 is 0.928. The van der Waals surface area contributed by atoms with Gasteiger partial charge in [-0.2, -0.15) is 0 Å². The van der Waals surface area contributed by atoms with Crippen molar-refractivity contribution in [1.82, 2.24) is 0 Å². The highest BCUT2D eigenvalue weighted by Crippen LogP contribution is 2.26. The molecule has 0 radical (unpaired) electrons. The molecule has 0 aromatic carbocycles. The van der Waals surface area contributed by atoms with Crippen LogP contribution in [0.4, 0.5) is 0 Å². The maximum absolute atomic E-state index is 11.9. The van der Waals surface area contributed by atoms with Crippen molar-refractivity contribution in [3.05, 3.63) is 16.5 Å². The number of esters is 1. The lowest BCUT2D eigenvalue weighted by molar-refractivity contribution is -0.0300. The zero-order chi connectivity index (χ0) is 14.8. The molecule has 20 heavy (non-hydrogen) atoms. The highest BCUT2D eigenvalue weighted by atomic mass is 32.2. The number of ether oxygens (including phenoxy) is 2. The van der Waals surface area contributed by atoms with Crippen molar-refractivity contribution in [2.24, 2.45) is 5.14 Å². The van der Waals surface area contributed by atoms with E-state index in [2.05, 4.69) is 0 Å². The van der Waals surface area contributed by atoms with Crippen molar-refractivity contribution >= 4 is 27.3 Å². The fourth-order valence-electron chi connectivity index (χ4n) is 2.07. The van der Waals surface area contributed by atoms with Gasteiger partial charge >= 0.3 is 5.97 Å². The molecule has 2 rings (SSSR count). The summed E-state index contributed by atoms with van der Waals surface area (Å²) in [5.74, 6) is -0.539. The largest absolute Gasteiger partial charge is 0.459 e. The third-order valence-corrected chi connectivity index (χ3v) is 5.83. The molecule has 8 heteroatoms. The molecule has 0 amide bonds. The number of thiophene rings is 1. The van der Waals surface area contributed by atoms with E-state index in [1.54, 1.807) is 6.92 Å². The molecule has 1 aromatic rings. The van der Waals surface area contributed by atoms with Gasteiger partial charge in [0, 0.05) is 12.0 Å². The minimum absolute atomic E-state index is 0.00151. The van der Waals surface area contributed by atoms with Crippen LogP contribution in [-0.2, 0) is 19.5 Å². The van der Waals surface area contributed by atoms with Gasteiger partial charge in [-0.15, -0.1) is 11.3 Å². The molecule has 2 heterocycles. The van der Waals surface area contributed by atoms with E-state index in [1.807, 2.05) is 0 Å². The van der Waals surface area contributed by atoms with Gasteiger partial charge in [0.1, 0.15) is 10.8 Å². The predicted octanol–water partition coefficient (Wildman–Crippen LogP) is 1.43. The Morgan fingerprint density at radius 2 is 2.30 bits per heavy atom. The van der Waals surface area contributed by atoms with E-state index in [0.717, 1.165) is 30.6 Å². The van der Waals surface area contributed by atoms with Crippen LogP contribution < -0.4 is 5.14 Å². The molecule has 1 atom stereocenters. The number of nitrogens with two attached hydrogens (primary N) is 1. The number of hydrogen-bond acceptors (Lipinski definition) is 6. The molecule has 0 spiro atoms. The maximum Gasteiger partial charge on any atom is 0.339 e. The summed E-state index contributed by atoms with van der Waals surface area (Å²) in [6.45, 7) is 2.43. The molecule has 0 bridgehead atoms. The van der Waals surface area contributed by atoms with E-state index in [0.29, 0.717) is 12.2 Å². The molecule has 1 fully saturated rings. The zero-order valence-corrected chi connectivity index (χ0v) is 12.8. The smallest absolute Gasteiger partial charge is 0.339 e. The van der Waals surface area contributed by atoms with Gasteiger partial charge in [-0.1, -0.05) is 0 Å². The lowest BCUT2D eigenvalue weighted by Gasteiger charge is -2.22. The average molecular weight is 319 g/mol. The lowest BCUT2D eigenvalue weighted by Crippen LogP contribution is -2.26. The van der Waals surface area contributed by atoms with Crippen molar-refractivity contribution < 1.29 is 22.7 Å². The Kier molecular flexibility index (Phi) is 4.79. The van der Waals surface area contributed by atoms with Crippen LogP contribution in [0.15, 0.2) is 9.59 Å². The summed E-state index contributed by atoms with van der Waals surface area (Å²) < 4.78 is 33.3. The van der Waals surface area contributed by atoms with E-state index >= 15 is 0 Å². The van der Waals surface area contributed by atoms with Gasteiger partial charge in [0.05, 0.1) is 11.7 Å². The fraction of sp³-hybridized carbons (Fsp3) is 0.583. The van der Waals surface area contributed by atoms with Crippen LogP contribution in [0.1, 0.15) is 35.2 Å². The highest BCUT2D eigenvalue weighted by molar-refractivity contribution is 7.91. The van der Waals surface area contributed by atoms with Crippen molar-refractivity contribution in [2.45, 2.75) is 36.5 Å². The first-order chi connectivity index (χ1) is 9.39. The van der Waals surface area contributed by atoms with Gasteiger partial charge in [-0.3, -0.25) is 0 Å². The first kappa shape index (κ1) is 15.4. The first-order valence-corrected chi connectivity index (χ1v) is 8.72. The lowest BCUT2D eigenvalue weighted by atomic mass is 10.1. The summed E-state index contributed by atoms with van der Waals surface area (Å²) in [6.07, 6.45) is 2.91. The summed E-state index contributed by atoms with van der Waals surface area (Å²) in [7, 11) is -3.80. The third-order valence-electron chi connectivity index (χ3n) is 3.15. The summed E-state index contributed by atoms with van der Waals surface area (Å²) in [4.78, 5) is 11.9. The Balaban J connectivity index is 2.01. The Morgan fingerprint density at radius 1 is 1.55 bits per heavy atom. The second-order valence-electron chi connectivity index (χ2n) is 4.69. The zero-order valence-electron chi connectivity index (χ0n) is 11.1. The van der Waals surface area contributed by atoms with Gasteiger partial charge in [0.2, 0.25) is 10.0 Å². The van der Waals surface area contributed by atoms with Crippen LogP contribution >= 0.6 is 11.3 Å². The number of sulfonamides is 1. The molecule has 1 unspecified atom stereocenters. The minimum atomic E-state index is -3.80. The van der Waals surface area contributed by atoms with Gasteiger partial charge in [0.15, 0.2) is 0 Å². The molecule has 1 aliphatic heterocycles. The summed E-state index contributed by atoms with van der Waals surface area (Å²) in [5.41, 5.74) is 0.585. The Hall–Kier alpha value is -0.960. The number of hydrogen-bond donors (Lipinski definition) is 1. The van der Waals surface area contributed by atoms with Crippen LogP contribution in [-0.4, -0.2) is 33.7 Å².